The Morgan fingerprint density at radius 2 is 2.29 bits per heavy atom. The Kier molecular flexibility index (Phi) is 4.51. The maximum absolute atomic E-state index is 12.0. The Morgan fingerprint density at radius 1 is 1.65 bits per heavy atom. The standard InChI is InChI=1S/C11H20N4O2/c1-7(2)9(4-5-16)14-11(17)10-8(12)6-13-15(10)3/h6-7,9,16H,4-5,12H2,1-3H3,(H,14,17). The van der Waals surface area contributed by atoms with Gasteiger partial charge in [0, 0.05) is 19.7 Å². The second-order valence-corrected chi connectivity index (χ2v) is 4.41. The van der Waals surface area contributed by atoms with Crippen molar-refractivity contribution in [2.75, 3.05) is 12.3 Å². The van der Waals surface area contributed by atoms with E-state index in [1.54, 1.807) is 7.05 Å². The van der Waals surface area contributed by atoms with Crippen molar-refractivity contribution in [3.05, 3.63) is 11.9 Å². The smallest absolute Gasteiger partial charge is 0.271 e. The molecule has 0 radical (unpaired) electrons. The van der Waals surface area contributed by atoms with E-state index < -0.39 is 0 Å². The zero-order valence-electron chi connectivity index (χ0n) is 10.5. The van der Waals surface area contributed by atoms with Crippen molar-refractivity contribution >= 4 is 11.6 Å². The van der Waals surface area contributed by atoms with Crippen LogP contribution in [0.1, 0.15) is 30.8 Å². The van der Waals surface area contributed by atoms with Crippen LogP contribution in [0.3, 0.4) is 0 Å². The average Bonchev–Trinajstić information content (AvgIpc) is 2.57. The molecule has 17 heavy (non-hydrogen) atoms. The lowest BCUT2D eigenvalue weighted by atomic mass is 10.0. The van der Waals surface area contributed by atoms with Gasteiger partial charge in [-0.3, -0.25) is 9.48 Å². The number of amides is 1. The normalized spacial score (nSPS) is 12.8. The Labute approximate surface area is 101 Å². The molecule has 6 heteroatoms. The second kappa shape index (κ2) is 5.67. The second-order valence-electron chi connectivity index (χ2n) is 4.41. The highest BCUT2D eigenvalue weighted by Gasteiger charge is 2.20. The van der Waals surface area contributed by atoms with E-state index in [2.05, 4.69) is 10.4 Å². The molecule has 0 aliphatic rings. The number of aliphatic hydroxyl groups is 1. The quantitative estimate of drug-likeness (QED) is 0.682. The number of carbonyl (C=O) groups excluding carboxylic acids is 1. The fraction of sp³-hybridized carbons (Fsp3) is 0.636. The fourth-order valence-corrected chi connectivity index (χ4v) is 1.68. The van der Waals surface area contributed by atoms with Crippen LogP contribution >= 0.6 is 0 Å². The van der Waals surface area contributed by atoms with Gasteiger partial charge in [0.15, 0.2) is 0 Å². The molecule has 6 nitrogen and oxygen atoms in total. The van der Waals surface area contributed by atoms with Crippen LogP contribution in [0.4, 0.5) is 5.69 Å². The Balaban J connectivity index is 2.77. The molecule has 1 rings (SSSR count). The minimum absolute atomic E-state index is 0.0456. The van der Waals surface area contributed by atoms with Gasteiger partial charge in [-0.15, -0.1) is 0 Å². The summed E-state index contributed by atoms with van der Waals surface area (Å²) in [4.78, 5) is 12.0. The summed E-state index contributed by atoms with van der Waals surface area (Å²) >= 11 is 0. The van der Waals surface area contributed by atoms with Gasteiger partial charge < -0.3 is 16.2 Å². The number of aliphatic hydroxyl groups excluding tert-OH is 1. The lowest BCUT2D eigenvalue weighted by Crippen LogP contribution is -2.40. The van der Waals surface area contributed by atoms with E-state index in [1.807, 2.05) is 13.8 Å². The van der Waals surface area contributed by atoms with Crippen molar-refractivity contribution < 1.29 is 9.90 Å². The predicted octanol–water partition coefficient (Wildman–Crippen LogP) is 0.139. The molecular formula is C11H20N4O2. The highest BCUT2D eigenvalue weighted by atomic mass is 16.3. The monoisotopic (exact) mass is 240 g/mol. The van der Waals surface area contributed by atoms with Crippen molar-refractivity contribution in [3.8, 4) is 0 Å². The molecule has 1 aromatic heterocycles. The largest absolute Gasteiger partial charge is 0.396 e. The highest BCUT2D eigenvalue weighted by Crippen LogP contribution is 2.11. The molecule has 0 aliphatic carbocycles. The first-order valence-corrected chi connectivity index (χ1v) is 5.66. The number of nitrogen functional groups attached to an aromatic ring is 1. The number of hydrogen-bond acceptors (Lipinski definition) is 4. The number of anilines is 1. The molecule has 96 valence electrons. The summed E-state index contributed by atoms with van der Waals surface area (Å²) in [6.45, 7) is 4.03. The Morgan fingerprint density at radius 3 is 2.71 bits per heavy atom. The first-order valence-electron chi connectivity index (χ1n) is 5.66. The van der Waals surface area contributed by atoms with Crippen LogP contribution in [0.5, 0.6) is 0 Å². The summed E-state index contributed by atoms with van der Waals surface area (Å²) in [5.41, 5.74) is 6.39. The molecule has 1 atom stereocenters. The summed E-state index contributed by atoms with van der Waals surface area (Å²) < 4.78 is 1.45. The summed E-state index contributed by atoms with van der Waals surface area (Å²) in [5, 5.41) is 15.7. The maximum Gasteiger partial charge on any atom is 0.271 e. The molecule has 0 spiro atoms. The van der Waals surface area contributed by atoms with Crippen molar-refractivity contribution in [2.24, 2.45) is 13.0 Å². The first-order chi connectivity index (χ1) is 7.97. The minimum atomic E-state index is -0.255. The van der Waals surface area contributed by atoms with Crippen LogP contribution in [0.25, 0.3) is 0 Å². The minimum Gasteiger partial charge on any atom is -0.396 e. The molecule has 0 aliphatic heterocycles. The molecule has 0 aromatic carbocycles. The number of nitrogens with one attached hydrogen (secondary N) is 1. The lowest BCUT2D eigenvalue weighted by molar-refractivity contribution is 0.0908. The summed E-state index contributed by atoms with van der Waals surface area (Å²) in [6.07, 6.45) is 1.98. The number of carbonyl (C=O) groups is 1. The number of aryl methyl sites for hydroxylation is 1. The molecule has 1 amide bonds. The van der Waals surface area contributed by atoms with E-state index in [9.17, 15) is 4.79 Å². The lowest BCUT2D eigenvalue weighted by Gasteiger charge is -2.21. The summed E-state index contributed by atoms with van der Waals surface area (Å²) in [7, 11) is 1.67. The Bertz CT molecular complexity index is 367. The van der Waals surface area contributed by atoms with Gasteiger partial charge in [0.2, 0.25) is 0 Å². The van der Waals surface area contributed by atoms with Crippen molar-refractivity contribution in [1.82, 2.24) is 15.1 Å². The van der Waals surface area contributed by atoms with Gasteiger partial charge in [0.1, 0.15) is 5.69 Å². The van der Waals surface area contributed by atoms with Gasteiger partial charge in [-0.05, 0) is 12.3 Å². The molecule has 4 N–H and O–H groups in total. The van der Waals surface area contributed by atoms with Crippen molar-refractivity contribution in [3.63, 3.8) is 0 Å². The molecular weight excluding hydrogens is 220 g/mol. The Hall–Kier alpha value is -1.56. The van der Waals surface area contributed by atoms with Gasteiger partial charge in [-0.2, -0.15) is 5.10 Å². The SMILES string of the molecule is CC(C)C(CCO)NC(=O)c1c(N)cnn1C. The molecule has 1 aromatic rings. The fourth-order valence-electron chi connectivity index (χ4n) is 1.68. The van der Waals surface area contributed by atoms with Gasteiger partial charge >= 0.3 is 0 Å². The van der Waals surface area contributed by atoms with E-state index in [4.69, 9.17) is 10.8 Å². The molecule has 1 unspecified atom stereocenters. The molecule has 1 heterocycles. The van der Waals surface area contributed by atoms with E-state index >= 15 is 0 Å². The summed E-state index contributed by atoms with van der Waals surface area (Å²) in [5.74, 6) is -0.00444. The van der Waals surface area contributed by atoms with Crippen LogP contribution in [0, 0.1) is 5.92 Å². The van der Waals surface area contributed by atoms with E-state index in [0.29, 0.717) is 17.8 Å². The number of nitrogens with two attached hydrogens (primary N) is 1. The topological polar surface area (TPSA) is 93.2 Å². The third-order valence-corrected chi connectivity index (χ3v) is 2.74. The number of nitrogens with zero attached hydrogens (tertiary/aromatic N) is 2. The molecule has 0 saturated heterocycles. The predicted molar refractivity (Wildman–Crippen MR) is 65.4 cm³/mol. The van der Waals surface area contributed by atoms with Gasteiger partial charge in [0.05, 0.1) is 11.9 Å². The van der Waals surface area contributed by atoms with Crippen molar-refractivity contribution in [2.45, 2.75) is 26.3 Å². The van der Waals surface area contributed by atoms with Crippen molar-refractivity contribution in [1.29, 1.82) is 0 Å². The van der Waals surface area contributed by atoms with E-state index in [1.165, 1.54) is 10.9 Å². The first kappa shape index (κ1) is 13.5. The van der Waals surface area contributed by atoms with Crippen LogP contribution in [0.15, 0.2) is 6.20 Å². The third kappa shape index (κ3) is 3.20. The zero-order valence-corrected chi connectivity index (χ0v) is 10.5. The number of hydrogen-bond donors (Lipinski definition) is 3. The van der Waals surface area contributed by atoms with Crippen LogP contribution in [-0.4, -0.2) is 33.4 Å². The van der Waals surface area contributed by atoms with Gasteiger partial charge in [-0.25, -0.2) is 0 Å². The highest BCUT2D eigenvalue weighted by molar-refractivity contribution is 5.97. The molecule has 0 saturated carbocycles. The molecule has 0 fully saturated rings. The van der Waals surface area contributed by atoms with Crippen LogP contribution < -0.4 is 11.1 Å². The average molecular weight is 240 g/mol. The zero-order chi connectivity index (χ0) is 13.0. The number of aromatic nitrogens is 2. The summed E-state index contributed by atoms with van der Waals surface area (Å²) in [6, 6.07) is -0.0678. The molecule has 0 bridgehead atoms. The third-order valence-electron chi connectivity index (χ3n) is 2.74. The van der Waals surface area contributed by atoms with Crippen LogP contribution in [-0.2, 0) is 7.05 Å². The van der Waals surface area contributed by atoms with Gasteiger partial charge in [0.25, 0.3) is 5.91 Å². The maximum atomic E-state index is 12.0. The van der Waals surface area contributed by atoms with Crippen LogP contribution in [0.2, 0.25) is 0 Å². The van der Waals surface area contributed by atoms with E-state index in [0.717, 1.165) is 0 Å². The number of rotatable bonds is 5. The van der Waals surface area contributed by atoms with Gasteiger partial charge in [-0.1, -0.05) is 13.8 Å². The van der Waals surface area contributed by atoms with E-state index in [-0.39, 0.29) is 24.5 Å².